The van der Waals surface area contributed by atoms with E-state index in [0.717, 1.165) is 5.56 Å². The Labute approximate surface area is 143 Å². The molecule has 0 bridgehead atoms. The van der Waals surface area contributed by atoms with Crippen molar-refractivity contribution in [2.45, 2.75) is 31.6 Å². The number of carbonyl (C=O) groups excluding carboxylic acids is 1. The predicted molar refractivity (Wildman–Crippen MR) is 93.8 cm³/mol. The lowest BCUT2D eigenvalue weighted by Gasteiger charge is -2.38. The first-order chi connectivity index (χ1) is 11.4. The van der Waals surface area contributed by atoms with Crippen LogP contribution in [0.25, 0.3) is 0 Å². The number of carbonyl (C=O) groups is 1. The van der Waals surface area contributed by atoms with Crippen LogP contribution in [0.3, 0.4) is 0 Å². The van der Waals surface area contributed by atoms with Gasteiger partial charge in [0.2, 0.25) is 0 Å². The Bertz CT molecular complexity index is 798. The summed E-state index contributed by atoms with van der Waals surface area (Å²) in [7, 11) is 0. The van der Waals surface area contributed by atoms with Gasteiger partial charge < -0.3 is 5.73 Å². The monoisotopic (exact) mass is 347 g/mol. The van der Waals surface area contributed by atoms with E-state index in [2.05, 4.69) is 9.97 Å². The van der Waals surface area contributed by atoms with E-state index in [1.54, 1.807) is 17.2 Å². The summed E-state index contributed by atoms with van der Waals surface area (Å²) < 4.78 is 14.3. The van der Waals surface area contributed by atoms with Gasteiger partial charge in [-0.3, -0.25) is 9.80 Å². The number of amides is 2. The average Bonchev–Trinajstić information content (AvgIpc) is 2.53. The zero-order valence-electron chi connectivity index (χ0n) is 13.7. The van der Waals surface area contributed by atoms with E-state index in [9.17, 15) is 9.18 Å². The molecular weight excluding hydrogens is 329 g/mol. The van der Waals surface area contributed by atoms with Gasteiger partial charge in [0.25, 0.3) is 0 Å². The quantitative estimate of drug-likeness (QED) is 0.524. The largest absolute Gasteiger partial charge is 0.399 e. The van der Waals surface area contributed by atoms with Gasteiger partial charge in [-0.1, -0.05) is 11.8 Å². The lowest BCUT2D eigenvalue weighted by molar-refractivity contribution is 0.248. The number of nitrogens with zero attached hydrogens (tertiary/aromatic N) is 4. The smallest absolute Gasteiger partial charge is 0.330 e. The Balaban J connectivity index is 2.10. The number of hydrogen-bond acceptors (Lipinski definition) is 5. The fourth-order valence-corrected chi connectivity index (χ4v) is 2.99. The average molecular weight is 347 g/mol. The summed E-state index contributed by atoms with van der Waals surface area (Å²) in [6.07, 6.45) is 3.57. The van der Waals surface area contributed by atoms with Crippen molar-refractivity contribution < 1.29 is 9.18 Å². The number of anilines is 3. The molecular formula is C16H18FN5OS. The standard InChI is InChI=1S/C16H18FN5OS/c1-9(2)22-14-10(7-19-15(20-14)24-3)8-21(16(22)23)13-5-4-11(18)6-12(13)17/h4-7,9H,8,18H2,1-3H3. The predicted octanol–water partition coefficient (Wildman–Crippen LogP) is 3.27. The highest BCUT2D eigenvalue weighted by Crippen LogP contribution is 2.33. The summed E-state index contributed by atoms with van der Waals surface area (Å²) in [4.78, 5) is 24.6. The molecule has 1 aliphatic heterocycles. The molecule has 126 valence electrons. The summed E-state index contributed by atoms with van der Waals surface area (Å²) in [6, 6.07) is 3.87. The van der Waals surface area contributed by atoms with Crippen LogP contribution < -0.4 is 15.5 Å². The van der Waals surface area contributed by atoms with Crippen LogP contribution in [0.2, 0.25) is 0 Å². The van der Waals surface area contributed by atoms with Crippen LogP contribution in [0.15, 0.2) is 29.6 Å². The van der Waals surface area contributed by atoms with Gasteiger partial charge in [0, 0.05) is 23.5 Å². The Hall–Kier alpha value is -2.35. The SMILES string of the molecule is CSc1ncc2c(n1)N(C(C)C)C(=O)N(c1ccc(N)cc1F)C2. The second-order valence-corrected chi connectivity index (χ2v) is 6.52. The Morgan fingerprint density at radius 1 is 1.38 bits per heavy atom. The van der Waals surface area contributed by atoms with Crippen LogP contribution in [0.4, 0.5) is 26.4 Å². The topological polar surface area (TPSA) is 75.4 Å². The Morgan fingerprint density at radius 2 is 2.12 bits per heavy atom. The maximum Gasteiger partial charge on any atom is 0.330 e. The van der Waals surface area contributed by atoms with Crippen LogP contribution in [-0.4, -0.2) is 28.3 Å². The minimum atomic E-state index is -0.530. The van der Waals surface area contributed by atoms with E-state index in [1.807, 2.05) is 20.1 Å². The van der Waals surface area contributed by atoms with Crippen molar-refractivity contribution in [1.29, 1.82) is 0 Å². The van der Waals surface area contributed by atoms with Crippen molar-refractivity contribution in [1.82, 2.24) is 9.97 Å². The number of hydrogen-bond donors (Lipinski definition) is 1. The highest BCUT2D eigenvalue weighted by atomic mass is 32.2. The first-order valence-electron chi connectivity index (χ1n) is 7.48. The van der Waals surface area contributed by atoms with Gasteiger partial charge in [0.15, 0.2) is 5.16 Å². The third-order valence-corrected chi connectivity index (χ3v) is 4.34. The molecule has 1 aromatic carbocycles. The molecule has 0 fully saturated rings. The van der Waals surface area contributed by atoms with E-state index in [4.69, 9.17) is 5.73 Å². The molecule has 0 unspecified atom stereocenters. The highest BCUT2D eigenvalue weighted by Gasteiger charge is 2.35. The first kappa shape index (κ1) is 16.5. The number of aromatic nitrogens is 2. The van der Waals surface area contributed by atoms with Crippen molar-refractivity contribution in [3.05, 3.63) is 35.8 Å². The van der Waals surface area contributed by atoms with Gasteiger partial charge in [0.05, 0.1) is 12.2 Å². The normalized spacial score (nSPS) is 14.3. The zero-order chi connectivity index (χ0) is 17.4. The summed E-state index contributed by atoms with van der Waals surface area (Å²) in [6.45, 7) is 4.00. The third-order valence-electron chi connectivity index (χ3n) is 3.77. The van der Waals surface area contributed by atoms with Gasteiger partial charge in [-0.25, -0.2) is 19.2 Å². The van der Waals surface area contributed by atoms with E-state index in [1.165, 1.54) is 28.8 Å². The van der Waals surface area contributed by atoms with Crippen LogP contribution in [0.1, 0.15) is 19.4 Å². The van der Waals surface area contributed by atoms with E-state index < -0.39 is 5.82 Å². The highest BCUT2D eigenvalue weighted by molar-refractivity contribution is 7.98. The molecule has 1 aromatic heterocycles. The molecule has 24 heavy (non-hydrogen) atoms. The number of thioether (sulfide) groups is 1. The minimum Gasteiger partial charge on any atom is -0.399 e. The second kappa shape index (κ2) is 6.27. The van der Waals surface area contributed by atoms with Gasteiger partial charge in [-0.05, 0) is 38.3 Å². The van der Waals surface area contributed by atoms with E-state index in [-0.39, 0.29) is 24.3 Å². The zero-order valence-corrected chi connectivity index (χ0v) is 14.5. The van der Waals surface area contributed by atoms with Crippen molar-refractivity contribution in [3.8, 4) is 0 Å². The molecule has 0 aliphatic carbocycles. The fourth-order valence-electron chi connectivity index (χ4n) is 2.65. The molecule has 0 spiro atoms. The molecule has 2 N–H and O–H groups in total. The second-order valence-electron chi connectivity index (χ2n) is 5.75. The van der Waals surface area contributed by atoms with Gasteiger partial charge in [-0.2, -0.15) is 0 Å². The van der Waals surface area contributed by atoms with Gasteiger partial charge >= 0.3 is 6.03 Å². The number of fused-ring (bicyclic) bond motifs is 1. The molecule has 3 rings (SSSR count). The van der Waals surface area contributed by atoms with E-state index >= 15 is 0 Å². The molecule has 1 aliphatic rings. The van der Waals surface area contributed by atoms with Crippen molar-refractivity contribution in [2.75, 3.05) is 21.8 Å². The van der Waals surface area contributed by atoms with Crippen LogP contribution >= 0.6 is 11.8 Å². The number of urea groups is 1. The fraction of sp³-hybridized carbons (Fsp3) is 0.312. The molecule has 2 aromatic rings. The van der Waals surface area contributed by atoms with Crippen molar-refractivity contribution in [3.63, 3.8) is 0 Å². The number of halogens is 1. The molecule has 2 amide bonds. The van der Waals surface area contributed by atoms with Gasteiger partial charge in [0.1, 0.15) is 11.6 Å². The van der Waals surface area contributed by atoms with Crippen molar-refractivity contribution >= 4 is 35.0 Å². The maximum atomic E-state index is 14.3. The first-order valence-corrected chi connectivity index (χ1v) is 8.70. The van der Waals surface area contributed by atoms with Crippen LogP contribution in [0.5, 0.6) is 0 Å². The van der Waals surface area contributed by atoms with Crippen LogP contribution in [0, 0.1) is 5.82 Å². The Morgan fingerprint density at radius 3 is 2.75 bits per heavy atom. The summed E-state index contributed by atoms with van der Waals surface area (Å²) in [5.74, 6) is 0.0543. The third kappa shape index (κ3) is 2.77. The molecule has 8 heteroatoms. The number of benzene rings is 1. The lowest BCUT2D eigenvalue weighted by Crippen LogP contribution is -2.51. The summed E-state index contributed by atoms with van der Waals surface area (Å²) in [5.41, 5.74) is 6.88. The molecule has 0 atom stereocenters. The molecule has 0 radical (unpaired) electrons. The molecule has 0 saturated heterocycles. The van der Waals surface area contributed by atoms with Crippen LogP contribution in [-0.2, 0) is 6.54 Å². The maximum absolute atomic E-state index is 14.3. The number of nitrogens with two attached hydrogens (primary N) is 1. The molecule has 2 heterocycles. The van der Waals surface area contributed by atoms with E-state index in [0.29, 0.717) is 16.7 Å². The van der Waals surface area contributed by atoms with Gasteiger partial charge in [-0.15, -0.1) is 0 Å². The molecule has 0 saturated carbocycles. The molecule has 6 nitrogen and oxygen atoms in total. The Kier molecular flexibility index (Phi) is 4.31. The van der Waals surface area contributed by atoms with Crippen molar-refractivity contribution in [2.24, 2.45) is 0 Å². The summed E-state index contributed by atoms with van der Waals surface area (Å²) in [5, 5.41) is 0.597. The summed E-state index contributed by atoms with van der Waals surface area (Å²) >= 11 is 1.41. The number of nitrogen functional groups attached to an aromatic ring is 1. The lowest BCUT2D eigenvalue weighted by atomic mass is 10.1. The minimum absolute atomic E-state index is 0.125. The number of rotatable bonds is 3.